The second-order valence-corrected chi connectivity index (χ2v) is 6.59. The Hall–Kier alpha value is -1.56. The van der Waals surface area contributed by atoms with Crippen molar-refractivity contribution in [3.05, 3.63) is 10.4 Å². The van der Waals surface area contributed by atoms with E-state index >= 15 is 0 Å². The molecule has 6 heteroatoms. The van der Waals surface area contributed by atoms with Gasteiger partial charge in [-0.2, -0.15) is 0 Å². The summed E-state index contributed by atoms with van der Waals surface area (Å²) in [5.41, 5.74) is 11.7. The number of nitrogens with one attached hydrogen (secondary N) is 1. The van der Waals surface area contributed by atoms with Crippen LogP contribution in [-0.4, -0.2) is 17.7 Å². The number of anilines is 2. The molecule has 2 rings (SSSR count). The number of thiophene rings is 1. The van der Waals surface area contributed by atoms with Crippen LogP contribution in [-0.2, 0) is 0 Å². The van der Waals surface area contributed by atoms with Crippen molar-refractivity contribution < 1.29 is 9.59 Å². The Kier molecular flexibility index (Phi) is 4.32. The van der Waals surface area contributed by atoms with E-state index in [2.05, 4.69) is 12.2 Å². The Balaban J connectivity index is 2.24. The molecule has 5 N–H and O–H groups in total. The highest BCUT2D eigenvalue weighted by Crippen LogP contribution is 2.37. The van der Waals surface area contributed by atoms with E-state index in [0.717, 1.165) is 18.8 Å². The van der Waals surface area contributed by atoms with Gasteiger partial charge in [0, 0.05) is 13.0 Å². The van der Waals surface area contributed by atoms with Crippen LogP contribution in [0.4, 0.5) is 10.7 Å². The van der Waals surface area contributed by atoms with Crippen LogP contribution in [0.5, 0.6) is 0 Å². The lowest BCUT2D eigenvalue weighted by molar-refractivity contribution is 0.100. The largest absolute Gasteiger partial charge is 0.397 e. The van der Waals surface area contributed by atoms with Crippen molar-refractivity contribution in [2.24, 2.45) is 11.7 Å². The first-order valence-electron chi connectivity index (χ1n) is 6.89. The molecule has 1 aliphatic rings. The van der Waals surface area contributed by atoms with Crippen LogP contribution in [0.25, 0.3) is 0 Å². The summed E-state index contributed by atoms with van der Waals surface area (Å²) in [6, 6.07) is 0.321. The Labute approximate surface area is 122 Å². The fourth-order valence-corrected chi connectivity index (χ4v) is 3.74. The summed E-state index contributed by atoms with van der Waals surface area (Å²) in [6.07, 6.45) is 4.47. The quantitative estimate of drug-likeness (QED) is 0.744. The Bertz CT molecular complexity index is 531. The number of amides is 1. The third-order valence-corrected chi connectivity index (χ3v) is 5.10. The number of hydrogen-bond donors (Lipinski definition) is 3. The van der Waals surface area contributed by atoms with E-state index in [-0.39, 0.29) is 17.0 Å². The molecule has 0 radical (unpaired) electrons. The molecule has 0 aliphatic heterocycles. The van der Waals surface area contributed by atoms with E-state index in [1.54, 1.807) is 0 Å². The van der Waals surface area contributed by atoms with Crippen LogP contribution in [0.15, 0.2) is 0 Å². The number of ketones is 1. The van der Waals surface area contributed by atoms with Crippen LogP contribution in [0.1, 0.15) is 59.6 Å². The van der Waals surface area contributed by atoms with Gasteiger partial charge in [0.1, 0.15) is 5.00 Å². The molecule has 110 valence electrons. The lowest BCUT2D eigenvalue weighted by Crippen LogP contribution is -2.26. The van der Waals surface area contributed by atoms with Gasteiger partial charge in [0.05, 0.1) is 16.1 Å². The summed E-state index contributed by atoms with van der Waals surface area (Å²) in [7, 11) is 0. The number of nitrogen functional groups attached to an aromatic ring is 1. The van der Waals surface area contributed by atoms with Crippen molar-refractivity contribution in [3.63, 3.8) is 0 Å². The number of hydrogen-bond acceptors (Lipinski definition) is 5. The van der Waals surface area contributed by atoms with Crippen molar-refractivity contribution in [2.75, 3.05) is 11.1 Å². The van der Waals surface area contributed by atoms with Gasteiger partial charge in [0.2, 0.25) is 0 Å². The standard InChI is InChI=1S/C14H21N3O2S/c1-7-3-5-9(6-4-7)17-14-10(13(16)19)11(15)12(20-14)8(2)18/h7,9,17H,3-6,15H2,1-2H3,(H2,16,19). The number of nitrogens with two attached hydrogens (primary N) is 2. The highest BCUT2D eigenvalue weighted by Gasteiger charge is 2.25. The first kappa shape index (κ1) is 14.8. The van der Waals surface area contributed by atoms with Gasteiger partial charge in [-0.25, -0.2) is 0 Å². The average Bonchev–Trinajstić information content (AvgIpc) is 2.69. The second-order valence-electron chi connectivity index (χ2n) is 5.57. The Morgan fingerprint density at radius 2 is 1.85 bits per heavy atom. The Morgan fingerprint density at radius 3 is 2.35 bits per heavy atom. The third kappa shape index (κ3) is 2.95. The molecular formula is C14H21N3O2S. The van der Waals surface area contributed by atoms with E-state index in [0.29, 0.717) is 15.9 Å². The molecule has 0 bridgehead atoms. The van der Waals surface area contributed by atoms with Gasteiger partial charge in [0.15, 0.2) is 5.78 Å². The van der Waals surface area contributed by atoms with Crippen molar-refractivity contribution >= 4 is 33.7 Å². The van der Waals surface area contributed by atoms with Crippen LogP contribution in [0.2, 0.25) is 0 Å². The molecule has 0 aromatic carbocycles. The Morgan fingerprint density at radius 1 is 1.25 bits per heavy atom. The molecule has 1 amide bonds. The molecule has 1 aromatic heterocycles. The monoisotopic (exact) mass is 295 g/mol. The smallest absolute Gasteiger partial charge is 0.253 e. The molecule has 5 nitrogen and oxygen atoms in total. The van der Waals surface area contributed by atoms with Crippen molar-refractivity contribution in [2.45, 2.75) is 45.6 Å². The number of carbonyl (C=O) groups excluding carboxylic acids is 2. The van der Waals surface area contributed by atoms with Crippen molar-refractivity contribution in [3.8, 4) is 0 Å². The second kappa shape index (κ2) is 5.83. The van der Waals surface area contributed by atoms with Crippen molar-refractivity contribution in [1.82, 2.24) is 0 Å². The maximum absolute atomic E-state index is 11.6. The SMILES string of the molecule is CC(=O)c1sc(NC2CCC(C)CC2)c(C(N)=O)c1N. The summed E-state index contributed by atoms with van der Waals surface area (Å²) in [5.74, 6) is 0.0306. The summed E-state index contributed by atoms with van der Waals surface area (Å²) >= 11 is 1.23. The van der Waals surface area contributed by atoms with Crippen LogP contribution < -0.4 is 16.8 Å². The van der Waals surface area contributed by atoms with Crippen LogP contribution in [0, 0.1) is 5.92 Å². The van der Waals surface area contributed by atoms with E-state index in [1.807, 2.05) is 0 Å². The predicted octanol–water partition coefficient (Wildman–Crippen LogP) is 2.62. The average molecular weight is 295 g/mol. The molecule has 0 spiro atoms. The minimum Gasteiger partial charge on any atom is -0.397 e. The maximum atomic E-state index is 11.6. The molecule has 1 aromatic rings. The van der Waals surface area contributed by atoms with E-state index in [1.165, 1.54) is 31.1 Å². The van der Waals surface area contributed by atoms with Gasteiger partial charge in [-0.1, -0.05) is 6.92 Å². The summed E-state index contributed by atoms with van der Waals surface area (Å²) < 4.78 is 0. The minimum absolute atomic E-state index is 0.139. The lowest BCUT2D eigenvalue weighted by atomic mass is 9.87. The molecule has 0 atom stereocenters. The van der Waals surface area contributed by atoms with Gasteiger partial charge >= 0.3 is 0 Å². The minimum atomic E-state index is -0.585. The van der Waals surface area contributed by atoms with Crippen LogP contribution >= 0.6 is 11.3 Å². The number of rotatable bonds is 4. The zero-order valence-electron chi connectivity index (χ0n) is 11.9. The molecule has 1 heterocycles. The summed E-state index contributed by atoms with van der Waals surface area (Å²) in [5, 5.41) is 3.99. The normalized spacial score (nSPS) is 22.5. The van der Waals surface area contributed by atoms with Gasteiger partial charge in [-0.3, -0.25) is 9.59 Å². The molecule has 1 saturated carbocycles. The maximum Gasteiger partial charge on any atom is 0.253 e. The molecule has 1 fully saturated rings. The zero-order valence-corrected chi connectivity index (χ0v) is 12.7. The van der Waals surface area contributed by atoms with Gasteiger partial charge in [-0.05, 0) is 31.6 Å². The zero-order chi connectivity index (χ0) is 14.9. The molecule has 1 aliphatic carbocycles. The van der Waals surface area contributed by atoms with Crippen molar-refractivity contribution in [1.29, 1.82) is 0 Å². The molecule has 0 unspecified atom stereocenters. The van der Waals surface area contributed by atoms with E-state index in [9.17, 15) is 9.59 Å². The van der Waals surface area contributed by atoms with E-state index in [4.69, 9.17) is 11.5 Å². The highest BCUT2D eigenvalue weighted by molar-refractivity contribution is 7.19. The van der Waals surface area contributed by atoms with Gasteiger partial charge < -0.3 is 16.8 Å². The fraction of sp³-hybridized carbons (Fsp3) is 0.571. The molecule has 20 heavy (non-hydrogen) atoms. The van der Waals surface area contributed by atoms with Gasteiger partial charge in [0.25, 0.3) is 5.91 Å². The molecule has 0 saturated heterocycles. The van der Waals surface area contributed by atoms with E-state index < -0.39 is 5.91 Å². The summed E-state index contributed by atoms with van der Waals surface area (Å²) in [6.45, 7) is 3.70. The molecular weight excluding hydrogens is 274 g/mol. The topological polar surface area (TPSA) is 98.2 Å². The van der Waals surface area contributed by atoms with Gasteiger partial charge in [-0.15, -0.1) is 11.3 Å². The fourth-order valence-electron chi connectivity index (χ4n) is 2.64. The predicted molar refractivity (Wildman–Crippen MR) is 82.3 cm³/mol. The number of Topliss-reactive ketones (excluding diaryl/α,β-unsaturated/α-hetero) is 1. The third-order valence-electron chi connectivity index (χ3n) is 3.86. The summed E-state index contributed by atoms with van der Waals surface area (Å²) in [4.78, 5) is 23.5. The van der Waals surface area contributed by atoms with Crippen LogP contribution in [0.3, 0.4) is 0 Å². The highest BCUT2D eigenvalue weighted by atomic mass is 32.1. The number of primary amides is 1. The number of carbonyl (C=O) groups is 2. The first-order chi connectivity index (χ1) is 9.40. The first-order valence-corrected chi connectivity index (χ1v) is 7.71. The lowest BCUT2D eigenvalue weighted by Gasteiger charge is -2.27.